The topological polar surface area (TPSA) is 85.8 Å². The number of para-hydroxylation sites is 1. The minimum absolute atomic E-state index is 0. The monoisotopic (exact) mass is 530 g/mol. The van der Waals surface area contributed by atoms with E-state index in [2.05, 4.69) is 52.1 Å². The van der Waals surface area contributed by atoms with Gasteiger partial charge in [0.15, 0.2) is 5.96 Å². The Morgan fingerprint density at radius 3 is 2.19 bits per heavy atom. The summed E-state index contributed by atoms with van der Waals surface area (Å²) >= 11 is 0. The molecule has 0 heterocycles. The molecule has 0 radical (unpaired) electrons. The fraction of sp³-hybridized carbons (Fsp3) is 0.167. The fourth-order valence-corrected chi connectivity index (χ4v) is 2.73. The molecule has 0 atom stereocenters. The molecular weight excluding hydrogens is 503 g/mol. The molecule has 4 N–H and O–H groups in total. The standard InChI is InChI=1S/C24H26N4O2.HI/c1-18-7-9-19(10-8-18)17-27-24(28-21-5-3-2-4-6-21)26-16-15-25-23(30)20-11-13-22(29)14-12-20;/h2-14,29H,15-17H2,1H3,(H,25,30)(H2,26,27,28);1H. The number of anilines is 1. The summed E-state index contributed by atoms with van der Waals surface area (Å²) in [6.07, 6.45) is 0. The van der Waals surface area contributed by atoms with Gasteiger partial charge in [-0.25, -0.2) is 4.99 Å². The first-order chi connectivity index (χ1) is 14.6. The summed E-state index contributed by atoms with van der Waals surface area (Å²) < 4.78 is 0. The first kappa shape index (κ1) is 24.2. The molecule has 31 heavy (non-hydrogen) atoms. The molecule has 0 saturated carbocycles. The number of aliphatic imine (C=N–C) groups is 1. The van der Waals surface area contributed by atoms with Crippen molar-refractivity contribution in [2.45, 2.75) is 13.5 Å². The number of nitrogens with one attached hydrogen (secondary N) is 3. The van der Waals surface area contributed by atoms with Crippen molar-refractivity contribution in [1.29, 1.82) is 0 Å². The van der Waals surface area contributed by atoms with Crippen LogP contribution in [0.3, 0.4) is 0 Å². The summed E-state index contributed by atoms with van der Waals surface area (Å²) in [6, 6.07) is 24.2. The number of carbonyl (C=O) groups is 1. The minimum atomic E-state index is -0.189. The Hall–Kier alpha value is -3.07. The van der Waals surface area contributed by atoms with Crippen molar-refractivity contribution in [1.82, 2.24) is 10.6 Å². The minimum Gasteiger partial charge on any atom is -0.508 e. The molecule has 6 nitrogen and oxygen atoms in total. The highest BCUT2D eigenvalue weighted by Gasteiger charge is 2.05. The highest BCUT2D eigenvalue weighted by Crippen LogP contribution is 2.09. The van der Waals surface area contributed by atoms with Crippen LogP contribution in [-0.2, 0) is 6.54 Å². The summed E-state index contributed by atoms with van der Waals surface area (Å²) in [5.74, 6) is 0.584. The Labute approximate surface area is 199 Å². The second kappa shape index (κ2) is 12.6. The lowest BCUT2D eigenvalue weighted by atomic mass is 10.1. The van der Waals surface area contributed by atoms with Gasteiger partial charge in [0.1, 0.15) is 5.75 Å². The van der Waals surface area contributed by atoms with Crippen LogP contribution in [0.5, 0.6) is 5.75 Å². The first-order valence-electron chi connectivity index (χ1n) is 9.83. The van der Waals surface area contributed by atoms with Gasteiger partial charge in [0.25, 0.3) is 5.91 Å². The van der Waals surface area contributed by atoms with Gasteiger partial charge in [-0.3, -0.25) is 4.79 Å². The first-order valence-corrected chi connectivity index (χ1v) is 9.83. The van der Waals surface area contributed by atoms with Crippen LogP contribution in [0.1, 0.15) is 21.5 Å². The molecule has 0 saturated heterocycles. The maximum atomic E-state index is 12.2. The lowest BCUT2D eigenvalue weighted by molar-refractivity contribution is 0.0954. The summed E-state index contributed by atoms with van der Waals surface area (Å²) in [5.41, 5.74) is 3.77. The number of aryl methyl sites for hydroxylation is 1. The van der Waals surface area contributed by atoms with E-state index in [0.717, 1.165) is 11.3 Å². The van der Waals surface area contributed by atoms with Crippen LogP contribution in [-0.4, -0.2) is 30.1 Å². The van der Waals surface area contributed by atoms with Gasteiger partial charge in [0.05, 0.1) is 6.54 Å². The van der Waals surface area contributed by atoms with Gasteiger partial charge in [0, 0.05) is 24.3 Å². The Bertz CT molecular complexity index is 975. The average molecular weight is 530 g/mol. The number of amides is 1. The van der Waals surface area contributed by atoms with E-state index in [1.165, 1.54) is 17.7 Å². The number of hydrogen-bond acceptors (Lipinski definition) is 3. The zero-order valence-electron chi connectivity index (χ0n) is 17.3. The molecule has 1 amide bonds. The second-order valence-corrected chi connectivity index (χ2v) is 6.87. The molecule has 0 unspecified atom stereocenters. The number of guanidine groups is 1. The van der Waals surface area contributed by atoms with Crippen LogP contribution in [0.2, 0.25) is 0 Å². The van der Waals surface area contributed by atoms with Crippen molar-refractivity contribution < 1.29 is 9.90 Å². The molecule has 0 bridgehead atoms. The van der Waals surface area contributed by atoms with E-state index in [1.54, 1.807) is 12.1 Å². The van der Waals surface area contributed by atoms with Crippen LogP contribution in [0.4, 0.5) is 5.69 Å². The van der Waals surface area contributed by atoms with E-state index in [0.29, 0.717) is 31.2 Å². The largest absolute Gasteiger partial charge is 0.508 e. The number of rotatable bonds is 7. The van der Waals surface area contributed by atoms with E-state index < -0.39 is 0 Å². The number of carbonyl (C=O) groups excluding carboxylic acids is 1. The number of hydrogen-bond donors (Lipinski definition) is 4. The third-order valence-corrected chi connectivity index (χ3v) is 4.41. The number of benzene rings is 3. The molecule has 0 aliphatic rings. The van der Waals surface area contributed by atoms with Crippen molar-refractivity contribution >= 4 is 41.5 Å². The van der Waals surface area contributed by atoms with Gasteiger partial charge in [-0.15, -0.1) is 24.0 Å². The molecule has 0 aliphatic heterocycles. The van der Waals surface area contributed by atoms with Crippen LogP contribution in [0.25, 0.3) is 0 Å². The zero-order chi connectivity index (χ0) is 21.2. The van der Waals surface area contributed by atoms with Gasteiger partial charge in [-0.05, 0) is 48.9 Å². The van der Waals surface area contributed by atoms with E-state index in [9.17, 15) is 9.90 Å². The normalized spacial score (nSPS) is 10.7. The Balaban J connectivity index is 0.00000341. The number of phenols is 1. The van der Waals surface area contributed by atoms with E-state index >= 15 is 0 Å². The van der Waals surface area contributed by atoms with Crippen LogP contribution in [0, 0.1) is 6.92 Å². The van der Waals surface area contributed by atoms with Crippen LogP contribution >= 0.6 is 24.0 Å². The van der Waals surface area contributed by atoms with Crippen LogP contribution in [0.15, 0.2) is 83.9 Å². The summed E-state index contributed by atoms with van der Waals surface area (Å²) in [5, 5.41) is 18.7. The maximum absolute atomic E-state index is 12.2. The van der Waals surface area contributed by atoms with Gasteiger partial charge in [-0.1, -0.05) is 48.0 Å². The number of phenolic OH excluding ortho intramolecular Hbond substituents is 1. The quantitative estimate of drug-likeness (QED) is 0.159. The molecule has 7 heteroatoms. The van der Waals surface area contributed by atoms with Crippen molar-refractivity contribution in [2.75, 3.05) is 18.4 Å². The van der Waals surface area contributed by atoms with Crippen molar-refractivity contribution in [3.05, 3.63) is 95.6 Å². The molecule has 3 rings (SSSR count). The molecule has 0 spiro atoms. The third kappa shape index (κ3) is 8.29. The SMILES string of the molecule is Cc1ccc(CN=C(NCCNC(=O)c2ccc(O)cc2)Nc2ccccc2)cc1.I. The lowest BCUT2D eigenvalue weighted by Gasteiger charge is -2.13. The smallest absolute Gasteiger partial charge is 0.251 e. The Morgan fingerprint density at radius 2 is 1.52 bits per heavy atom. The fourth-order valence-electron chi connectivity index (χ4n) is 2.73. The Kier molecular flexibility index (Phi) is 9.83. The number of aromatic hydroxyl groups is 1. The second-order valence-electron chi connectivity index (χ2n) is 6.87. The maximum Gasteiger partial charge on any atom is 0.251 e. The molecule has 3 aromatic carbocycles. The van der Waals surface area contributed by atoms with Gasteiger partial charge >= 0.3 is 0 Å². The predicted octanol–water partition coefficient (Wildman–Crippen LogP) is 4.31. The molecule has 162 valence electrons. The average Bonchev–Trinajstić information content (AvgIpc) is 2.77. The summed E-state index contributed by atoms with van der Waals surface area (Å²) in [4.78, 5) is 16.8. The van der Waals surface area contributed by atoms with Crippen LogP contribution < -0.4 is 16.0 Å². The molecule has 0 fully saturated rings. The van der Waals surface area contributed by atoms with Gasteiger partial charge < -0.3 is 21.1 Å². The molecule has 0 aliphatic carbocycles. The van der Waals surface area contributed by atoms with Gasteiger partial charge in [0.2, 0.25) is 0 Å². The molecule has 3 aromatic rings. The number of nitrogens with zero attached hydrogens (tertiary/aromatic N) is 1. The molecular formula is C24H27IN4O2. The Morgan fingerprint density at radius 1 is 0.871 bits per heavy atom. The van der Waals surface area contributed by atoms with Crippen molar-refractivity contribution in [3.8, 4) is 5.75 Å². The number of halogens is 1. The van der Waals surface area contributed by atoms with Crippen molar-refractivity contribution in [3.63, 3.8) is 0 Å². The summed E-state index contributed by atoms with van der Waals surface area (Å²) in [7, 11) is 0. The van der Waals surface area contributed by atoms with E-state index in [1.807, 2.05) is 30.3 Å². The zero-order valence-corrected chi connectivity index (χ0v) is 19.7. The van der Waals surface area contributed by atoms with Gasteiger partial charge in [-0.2, -0.15) is 0 Å². The molecule has 0 aromatic heterocycles. The predicted molar refractivity (Wildman–Crippen MR) is 136 cm³/mol. The lowest BCUT2D eigenvalue weighted by Crippen LogP contribution is -2.38. The highest BCUT2D eigenvalue weighted by molar-refractivity contribution is 14.0. The highest BCUT2D eigenvalue weighted by atomic mass is 127. The van der Waals surface area contributed by atoms with E-state index in [4.69, 9.17) is 0 Å². The van der Waals surface area contributed by atoms with E-state index in [-0.39, 0.29) is 35.6 Å². The summed E-state index contributed by atoms with van der Waals surface area (Å²) in [6.45, 7) is 3.54. The van der Waals surface area contributed by atoms with Crippen molar-refractivity contribution in [2.24, 2.45) is 4.99 Å². The third-order valence-electron chi connectivity index (χ3n) is 4.41.